The fraction of sp³-hybridized carbons (Fsp3) is 0.750. The zero-order valence-electron chi connectivity index (χ0n) is 8.40. The first kappa shape index (κ1) is 12.5. The molecule has 0 saturated carbocycles. The van der Waals surface area contributed by atoms with Crippen molar-refractivity contribution < 1.29 is 14.3 Å². The predicted octanol–water partition coefficient (Wildman–Crippen LogP) is 0.647. The number of nitrogens with two attached hydrogens (primary N) is 1. The molecule has 1 aliphatic heterocycles. The Hall–Kier alpha value is -0.570. The molecule has 0 aromatic heterocycles. The third kappa shape index (κ3) is 3.49. The highest BCUT2D eigenvalue weighted by atomic mass is 127. The van der Waals surface area contributed by atoms with Crippen LogP contribution in [-0.4, -0.2) is 40.3 Å². The molecule has 86 valence electrons. The van der Waals surface area contributed by atoms with Crippen LogP contribution >= 0.6 is 22.6 Å². The number of halogens is 1. The molecule has 1 saturated heterocycles. The fourth-order valence-electron chi connectivity index (χ4n) is 1.36. The lowest BCUT2D eigenvalue weighted by Crippen LogP contribution is -2.44. The monoisotopic (exact) mass is 327 g/mol. The van der Waals surface area contributed by atoms with E-state index in [1.807, 2.05) is 0 Å². The van der Waals surface area contributed by atoms with E-state index >= 15 is 0 Å². The minimum absolute atomic E-state index is 0.0140. The van der Waals surface area contributed by atoms with Crippen molar-refractivity contribution in [3.63, 3.8) is 0 Å². The summed E-state index contributed by atoms with van der Waals surface area (Å²) in [6.07, 6.45) is 0.0307. The molecule has 0 spiro atoms. The molecule has 1 heterocycles. The molecule has 2 atom stereocenters. The number of likely N-dealkylation sites (tertiary alicyclic amines) is 1. The van der Waals surface area contributed by atoms with E-state index in [0.29, 0.717) is 6.54 Å². The molecule has 3 amide bonds. The van der Waals surface area contributed by atoms with E-state index in [4.69, 9.17) is 5.73 Å². The molecular weight excluding hydrogens is 313 g/mol. The number of alkyl carbamates (subject to hydrolysis) is 1. The molecule has 7 heteroatoms. The predicted molar refractivity (Wildman–Crippen MR) is 62.7 cm³/mol. The Kier molecular flexibility index (Phi) is 4.58. The number of rotatable bonds is 1. The van der Waals surface area contributed by atoms with E-state index in [-0.39, 0.29) is 16.7 Å². The van der Waals surface area contributed by atoms with Crippen molar-refractivity contribution in [1.29, 1.82) is 0 Å². The zero-order valence-corrected chi connectivity index (χ0v) is 10.6. The highest BCUT2D eigenvalue weighted by molar-refractivity contribution is 14.1. The summed E-state index contributed by atoms with van der Waals surface area (Å²) in [5.41, 5.74) is 5.70. The van der Waals surface area contributed by atoms with Crippen LogP contribution in [0.25, 0.3) is 0 Å². The van der Waals surface area contributed by atoms with Gasteiger partial charge in [0.15, 0.2) is 0 Å². The summed E-state index contributed by atoms with van der Waals surface area (Å²) in [6.45, 7) is 2.39. The number of nitrogens with zero attached hydrogens (tertiary/aromatic N) is 1. The van der Waals surface area contributed by atoms with Gasteiger partial charge in [-0.15, -0.1) is 0 Å². The molecular formula is C8H14IN3O3. The normalized spacial score (nSPS) is 25.1. The Morgan fingerprint density at radius 3 is 2.80 bits per heavy atom. The van der Waals surface area contributed by atoms with Gasteiger partial charge in [0.05, 0.1) is 10.7 Å². The Bertz CT molecular complexity index is 262. The molecule has 1 fully saturated rings. The first-order valence-electron chi connectivity index (χ1n) is 4.68. The van der Waals surface area contributed by atoms with Gasteiger partial charge >= 0.3 is 12.1 Å². The molecule has 15 heavy (non-hydrogen) atoms. The molecule has 1 rings (SSSR count). The second-order valence-corrected chi connectivity index (χ2v) is 4.67. The van der Waals surface area contributed by atoms with Crippen LogP contribution in [0, 0.1) is 0 Å². The van der Waals surface area contributed by atoms with Crippen LogP contribution in [-0.2, 0) is 4.74 Å². The minimum atomic E-state index is -0.716. The maximum absolute atomic E-state index is 11.5. The highest BCUT2D eigenvalue weighted by Crippen LogP contribution is 2.21. The molecule has 1 aliphatic rings. The van der Waals surface area contributed by atoms with Gasteiger partial charge in [0.2, 0.25) is 0 Å². The maximum Gasteiger partial charge on any atom is 0.415 e. The lowest BCUT2D eigenvalue weighted by molar-refractivity contribution is 0.148. The zero-order chi connectivity index (χ0) is 11.4. The molecule has 0 aromatic rings. The lowest BCUT2D eigenvalue weighted by atomic mass is 10.3. The molecule has 0 aromatic carbocycles. The van der Waals surface area contributed by atoms with Crippen molar-refractivity contribution in [3.8, 4) is 0 Å². The average molecular weight is 327 g/mol. The van der Waals surface area contributed by atoms with Crippen molar-refractivity contribution in [2.75, 3.05) is 13.2 Å². The third-order valence-electron chi connectivity index (χ3n) is 2.01. The van der Waals surface area contributed by atoms with Gasteiger partial charge in [0, 0.05) is 12.6 Å². The van der Waals surface area contributed by atoms with Crippen LogP contribution in [0.5, 0.6) is 0 Å². The van der Waals surface area contributed by atoms with Gasteiger partial charge in [0.1, 0.15) is 0 Å². The van der Waals surface area contributed by atoms with Crippen molar-refractivity contribution in [1.82, 2.24) is 10.2 Å². The quantitative estimate of drug-likeness (QED) is 0.421. The second-order valence-electron chi connectivity index (χ2n) is 3.23. The molecule has 0 bridgehead atoms. The summed E-state index contributed by atoms with van der Waals surface area (Å²) < 4.78 is 4.64. The summed E-state index contributed by atoms with van der Waals surface area (Å²) in [4.78, 5) is 24.1. The van der Waals surface area contributed by atoms with Crippen LogP contribution in [0.2, 0.25) is 0 Å². The van der Waals surface area contributed by atoms with Crippen LogP contribution in [0.1, 0.15) is 13.3 Å². The van der Waals surface area contributed by atoms with Crippen LogP contribution in [0.3, 0.4) is 0 Å². The number of hydrogen-bond acceptors (Lipinski definition) is 4. The van der Waals surface area contributed by atoms with Gasteiger partial charge in [-0.05, 0) is 13.3 Å². The van der Waals surface area contributed by atoms with E-state index in [9.17, 15) is 9.59 Å². The number of ether oxygens (including phenoxy) is 1. The maximum atomic E-state index is 11.5. The smallest absolute Gasteiger partial charge is 0.415 e. The standard InChI is InChI=1S/C8H14IN3O3/c1-2-15-8(14)11-7(13)12-4-5(10)3-6(12)9/h5-6H,2-4,10H2,1H3,(H,11,13,14)/t5-,6+/m0/s1. The second kappa shape index (κ2) is 5.50. The van der Waals surface area contributed by atoms with Crippen molar-refractivity contribution in [2.45, 2.75) is 23.4 Å². The van der Waals surface area contributed by atoms with Crippen molar-refractivity contribution in [3.05, 3.63) is 0 Å². The molecule has 0 unspecified atom stereocenters. The number of carbonyl (C=O) groups is 2. The molecule has 0 aliphatic carbocycles. The SMILES string of the molecule is CCOC(=O)NC(=O)N1C[C@@H](N)C[C@@H]1I. The Balaban J connectivity index is 2.43. The van der Waals surface area contributed by atoms with Crippen LogP contribution in [0.4, 0.5) is 9.59 Å². The summed E-state index contributed by atoms with van der Waals surface area (Å²) >= 11 is 2.13. The first-order chi connectivity index (χ1) is 7.04. The summed E-state index contributed by atoms with van der Waals surface area (Å²) in [7, 11) is 0. The summed E-state index contributed by atoms with van der Waals surface area (Å²) in [5.74, 6) is 0. The van der Waals surface area contributed by atoms with Gasteiger partial charge in [-0.25, -0.2) is 14.9 Å². The number of alkyl halides is 1. The molecule has 3 N–H and O–H groups in total. The lowest BCUT2D eigenvalue weighted by Gasteiger charge is -2.19. The van der Waals surface area contributed by atoms with E-state index in [2.05, 4.69) is 32.6 Å². The molecule has 6 nitrogen and oxygen atoms in total. The minimum Gasteiger partial charge on any atom is -0.450 e. The van der Waals surface area contributed by atoms with Gasteiger partial charge in [-0.2, -0.15) is 0 Å². The highest BCUT2D eigenvalue weighted by Gasteiger charge is 2.32. The number of imide groups is 1. The van der Waals surface area contributed by atoms with Gasteiger partial charge in [0.25, 0.3) is 0 Å². The Labute approximate surface area is 102 Å². The van der Waals surface area contributed by atoms with E-state index in [1.165, 1.54) is 4.90 Å². The molecule has 0 radical (unpaired) electrons. The summed E-state index contributed by atoms with van der Waals surface area (Å²) in [6, 6.07) is -0.458. The number of amides is 3. The van der Waals surface area contributed by atoms with E-state index in [0.717, 1.165) is 6.42 Å². The number of nitrogens with one attached hydrogen (secondary N) is 1. The van der Waals surface area contributed by atoms with Gasteiger partial charge < -0.3 is 15.4 Å². The van der Waals surface area contributed by atoms with E-state index < -0.39 is 12.1 Å². The van der Waals surface area contributed by atoms with Crippen LogP contribution < -0.4 is 11.1 Å². The average Bonchev–Trinajstić information content (AvgIpc) is 2.45. The third-order valence-corrected chi connectivity index (χ3v) is 3.19. The van der Waals surface area contributed by atoms with Crippen LogP contribution in [0.15, 0.2) is 0 Å². The van der Waals surface area contributed by atoms with E-state index in [1.54, 1.807) is 6.92 Å². The largest absolute Gasteiger partial charge is 0.450 e. The Morgan fingerprint density at radius 2 is 2.33 bits per heavy atom. The van der Waals surface area contributed by atoms with Crippen molar-refractivity contribution in [2.24, 2.45) is 5.73 Å². The number of carbonyl (C=O) groups excluding carboxylic acids is 2. The first-order valence-corrected chi connectivity index (χ1v) is 5.93. The topological polar surface area (TPSA) is 84.7 Å². The van der Waals surface area contributed by atoms with Gasteiger partial charge in [-0.1, -0.05) is 22.6 Å². The fourth-order valence-corrected chi connectivity index (χ4v) is 2.49. The number of urea groups is 1. The Morgan fingerprint density at radius 1 is 1.67 bits per heavy atom. The number of hydrogen-bond donors (Lipinski definition) is 2. The van der Waals surface area contributed by atoms with Gasteiger partial charge in [-0.3, -0.25) is 0 Å². The summed E-state index contributed by atoms with van der Waals surface area (Å²) in [5, 5.41) is 2.14. The van der Waals surface area contributed by atoms with Crippen molar-refractivity contribution >= 4 is 34.7 Å².